The van der Waals surface area contributed by atoms with E-state index in [0.717, 1.165) is 29.8 Å². The maximum Gasteiger partial charge on any atom is 0.242 e. The normalized spacial score (nSPS) is 13.5. The van der Waals surface area contributed by atoms with Gasteiger partial charge in [0.25, 0.3) is 0 Å². The van der Waals surface area contributed by atoms with Gasteiger partial charge in [-0.05, 0) is 43.0 Å². The Morgan fingerprint density at radius 2 is 1.94 bits per heavy atom. The first-order valence-corrected chi connectivity index (χ1v) is 11.2. The average Bonchev–Trinajstić information content (AvgIpc) is 2.82. The Bertz CT molecular complexity index is 929. The predicted octanol–water partition coefficient (Wildman–Crippen LogP) is 2.66. The van der Waals surface area contributed by atoms with Crippen LogP contribution < -0.4 is 15.4 Å². The van der Waals surface area contributed by atoms with Gasteiger partial charge in [-0.25, -0.2) is 0 Å². The Hall–Kier alpha value is -3.06. The molecule has 1 amide bonds. The Balaban J connectivity index is 1.49. The number of nitrogens with one attached hydrogen (secondary N) is 2. The number of carbonyl (C=O) groups excluding carboxylic acids is 1. The molecule has 0 unspecified atom stereocenters. The zero-order valence-corrected chi connectivity index (χ0v) is 19.3. The third kappa shape index (κ3) is 6.72. The van der Waals surface area contributed by atoms with Gasteiger partial charge in [0.2, 0.25) is 5.91 Å². The largest absolute Gasteiger partial charge is 0.491 e. The molecule has 3 rings (SSSR count). The molecule has 0 atom stereocenters. The minimum atomic E-state index is 0.0673. The van der Waals surface area contributed by atoms with Crippen molar-refractivity contribution in [3.8, 4) is 5.75 Å². The second kappa shape index (κ2) is 12.1. The number of hydrogen-bond donors (Lipinski definition) is 2. The molecule has 0 saturated heterocycles. The van der Waals surface area contributed by atoms with Gasteiger partial charge in [0.05, 0.1) is 13.2 Å². The molecule has 2 N–H and O–H groups in total. The Kier molecular flexibility index (Phi) is 8.92. The van der Waals surface area contributed by atoms with Crippen LogP contribution in [0.4, 0.5) is 0 Å². The highest BCUT2D eigenvalue weighted by molar-refractivity contribution is 5.86. The number of benzene rings is 2. The molecule has 7 heteroatoms. The van der Waals surface area contributed by atoms with E-state index in [0.29, 0.717) is 38.9 Å². The van der Waals surface area contributed by atoms with Gasteiger partial charge in [0.15, 0.2) is 5.96 Å². The molecular weight excluding hydrogens is 404 g/mol. The van der Waals surface area contributed by atoms with Gasteiger partial charge in [0, 0.05) is 38.9 Å². The number of nitrogens with zero attached hydrogens (tertiary/aromatic N) is 2. The minimum absolute atomic E-state index is 0.0673. The van der Waals surface area contributed by atoms with Gasteiger partial charge in [-0.1, -0.05) is 36.4 Å². The van der Waals surface area contributed by atoms with E-state index in [1.54, 1.807) is 7.05 Å². The molecule has 2 aromatic carbocycles. The first kappa shape index (κ1) is 23.6. The van der Waals surface area contributed by atoms with E-state index >= 15 is 0 Å². The quantitative estimate of drug-likeness (QED) is 0.358. The van der Waals surface area contributed by atoms with Crippen LogP contribution in [-0.2, 0) is 29.0 Å². The van der Waals surface area contributed by atoms with Crippen LogP contribution in [0.5, 0.6) is 5.75 Å². The smallest absolute Gasteiger partial charge is 0.242 e. The molecular formula is C25H34N4O3. The summed E-state index contributed by atoms with van der Waals surface area (Å²) in [5, 5.41) is 6.42. The summed E-state index contributed by atoms with van der Waals surface area (Å²) in [7, 11) is 1.70. The number of carbonyl (C=O) groups is 1. The van der Waals surface area contributed by atoms with E-state index in [9.17, 15) is 4.79 Å². The number of amides is 1. The van der Waals surface area contributed by atoms with Gasteiger partial charge < -0.3 is 25.0 Å². The predicted molar refractivity (Wildman–Crippen MR) is 127 cm³/mol. The summed E-state index contributed by atoms with van der Waals surface area (Å²) in [4.78, 5) is 18.9. The number of guanidine groups is 1. The van der Waals surface area contributed by atoms with Crippen LogP contribution in [0, 0.1) is 6.92 Å². The second-order valence-corrected chi connectivity index (χ2v) is 7.77. The molecule has 0 spiro atoms. The van der Waals surface area contributed by atoms with Crippen molar-refractivity contribution in [3.63, 3.8) is 0 Å². The number of fused-ring (bicyclic) bond motifs is 1. The lowest BCUT2D eigenvalue weighted by atomic mass is 10.00. The summed E-state index contributed by atoms with van der Waals surface area (Å²) in [6.07, 6.45) is 0.897. The second-order valence-electron chi connectivity index (χ2n) is 7.77. The number of hydrogen-bond acceptors (Lipinski definition) is 4. The third-order valence-electron chi connectivity index (χ3n) is 5.47. The third-order valence-corrected chi connectivity index (χ3v) is 5.47. The van der Waals surface area contributed by atoms with E-state index in [1.165, 1.54) is 11.1 Å². The highest BCUT2D eigenvalue weighted by Gasteiger charge is 2.20. The summed E-state index contributed by atoms with van der Waals surface area (Å²) in [5.41, 5.74) is 4.72. The van der Waals surface area contributed by atoms with Gasteiger partial charge in [-0.15, -0.1) is 0 Å². The SMILES string of the molecule is CCOCCOc1cc(C)ccc1CNC(=NC)NCC(=O)N1CCc2ccccc2C1. The molecule has 172 valence electrons. The van der Waals surface area contributed by atoms with Crippen molar-refractivity contribution in [1.82, 2.24) is 15.5 Å². The standard InChI is InChI=1S/C25H34N4O3/c1-4-31-13-14-32-23-15-19(2)9-10-21(23)16-27-25(26-3)28-17-24(30)29-12-11-20-7-5-6-8-22(20)18-29/h5-10,15H,4,11-14,16-18H2,1-3H3,(H2,26,27,28). The summed E-state index contributed by atoms with van der Waals surface area (Å²) in [6, 6.07) is 14.4. The molecule has 7 nitrogen and oxygen atoms in total. The first-order chi connectivity index (χ1) is 15.6. The maximum atomic E-state index is 12.7. The maximum absolute atomic E-state index is 12.7. The van der Waals surface area contributed by atoms with E-state index in [2.05, 4.69) is 39.9 Å². The van der Waals surface area contributed by atoms with Crippen molar-refractivity contribution in [3.05, 3.63) is 64.7 Å². The molecule has 0 radical (unpaired) electrons. The lowest BCUT2D eigenvalue weighted by molar-refractivity contribution is -0.130. The van der Waals surface area contributed by atoms with E-state index < -0.39 is 0 Å². The van der Waals surface area contributed by atoms with Crippen LogP contribution in [0.3, 0.4) is 0 Å². The van der Waals surface area contributed by atoms with Crippen LogP contribution >= 0.6 is 0 Å². The molecule has 1 aliphatic rings. The van der Waals surface area contributed by atoms with Crippen molar-refractivity contribution in [2.24, 2.45) is 4.99 Å². The molecule has 0 fully saturated rings. The summed E-state index contributed by atoms with van der Waals surface area (Å²) in [5.74, 6) is 1.48. The fraction of sp³-hybridized carbons (Fsp3) is 0.440. The Morgan fingerprint density at radius 3 is 2.72 bits per heavy atom. The summed E-state index contributed by atoms with van der Waals surface area (Å²) in [6.45, 7) is 7.89. The van der Waals surface area contributed by atoms with E-state index in [4.69, 9.17) is 9.47 Å². The Morgan fingerprint density at radius 1 is 1.12 bits per heavy atom. The zero-order valence-electron chi connectivity index (χ0n) is 19.3. The molecule has 32 heavy (non-hydrogen) atoms. The summed E-state index contributed by atoms with van der Waals surface area (Å²) >= 11 is 0. The monoisotopic (exact) mass is 438 g/mol. The number of rotatable bonds is 9. The van der Waals surface area contributed by atoms with E-state index in [1.807, 2.05) is 36.9 Å². The minimum Gasteiger partial charge on any atom is -0.491 e. The van der Waals surface area contributed by atoms with E-state index in [-0.39, 0.29) is 12.5 Å². The molecule has 1 heterocycles. The lowest BCUT2D eigenvalue weighted by Crippen LogP contribution is -2.45. The highest BCUT2D eigenvalue weighted by Crippen LogP contribution is 2.20. The van der Waals surface area contributed by atoms with Crippen LogP contribution in [-0.4, -0.2) is 56.7 Å². The van der Waals surface area contributed by atoms with Crippen molar-refractivity contribution in [2.75, 3.05) is 40.0 Å². The van der Waals surface area contributed by atoms with Gasteiger partial charge in [-0.2, -0.15) is 0 Å². The van der Waals surface area contributed by atoms with Gasteiger partial charge in [0.1, 0.15) is 12.4 Å². The molecule has 0 aliphatic carbocycles. The van der Waals surface area contributed by atoms with Crippen LogP contribution in [0.25, 0.3) is 0 Å². The van der Waals surface area contributed by atoms with Gasteiger partial charge in [-0.3, -0.25) is 9.79 Å². The fourth-order valence-corrected chi connectivity index (χ4v) is 3.68. The first-order valence-electron chi connectivity index (χ1n) is 11.2. The van der Waals surface area contributed by atoms with Crippen LogP contribution in [0.1, 0.15) is 29.2 Å². The molecule has 0 aromatic heterocycles. The number of aliphatic imine (C=N–C) groups is 1. The van der Waals surface area contributed by atoms with Crippen molar-refractivity contribution in [2.45, 2.75) is 33.4 Å². The molecule has 1 aliphatic heterocycles. The number of aryl methyl sites for hydroxylation is 1. The zero-order chi connectivity index (χ0) is 22.8. The van der Waals surface area contributed by atoms with Crippen molar-refractivity contribution in [1.29, 1.82) is 0 Å². The van der Waals surface area contributed by atoms with Gasteiger partial charge >= 0.3 is 0 Å². The van der Waals surface area contributed by atoms with Crippen molar-refractivity contribution >= 4 is 11.9 Å². The molecule has 0 bridgehead atoms. The van der Waals surface area contributed by atoms with Crippen LogP contribution in [0.2, 0.25) is 0 Å². The summed E-state index contributed by atoms with van der Waals surface area (Å²) < 4.78 is 11.3. The number of ether oxygens (including phenoxy) is 2. The van der Waals surface area contributed by atoms with Crippen molar-refractivity contribution < 1.29 is 14.3 Å². The average molecular weight is 439 g/mol. The topological polar surface area (TPSA) is 75.2 Å². The fourth-order valence-electron chi connectivity index (χ4n) is 3.68. The lowest BCUT2D eigenvalue weighted by Gasteiger charge is -2.29. The van der Waals surface area contributed by atoms with Crippen LogP contribution in [0.15, 0.2) is 47.5 Å². The highest BCUT2D eigenvalue weighted by atomic mass is 16.5. The molecule has 0 saturated carbocycles. The molecule has 2 aromatic rings. The Labute approximate surface area is 190 Å².